The number of hydrogen-bond acceptors (Lipinski definition) is 4. The van der Waals surface area contributed by atoms with Crippen molar-refractivity contribution in [3.63, 3.8) is 0 Å². The first-order chi connectivity index (χ1) is 17.4. The number of hydrogen-bond donors (Lipinski definition) is 4. The first-order valence-electron chi connectivity index (χ1n) is 11.3. The van der Waals surface area contributed by atoms with Gasteiger partial charge in [-0.3, -0.25) is 5.41 Å². The zero-order chi connectivity index (χ0) is 25.4. The summed E-state index contributed by atoms with van der Waals surface area (Å²) in [6, 6.07) is 31.3. The van der Waals surface area contributed by atoms with Crippen LogP contribution in [0.1, 0.15) is 16.7 Å². The van der Waals surface area contributed by atoms with E-state index in [0.29, 0.717) is 23.2 Å². The van der Waals surface area contributed by atoms with Crippen LogP contribution in [-0.4, -0.2) is 20.8 Å². The number of rotatable bonds is 8. The third-order valence-corrected chi connectivity index (χ3v) is 6.89. The Morgan fingerprint density at radius 2 is 1.58 bits per heavy atom. The van der Waals surface area contributed by atoms with Gasteiger partial charge in [-0.25, -0.2) is 13.1 Å². The van der Waals surface area contributed by atoms with Crippen LogP contribution in [-0.2, 0) is 16.6 Å². The minimum Gasteiger partial charge on any atom is -0.384 e. The van der Waals surface area contributed by atoms with Crippen LogP contribution in [0.3, 0.4) is 0 Å². The van der Waals surface area contributed by atoms with E-state index in [1.165, 1.54) is 0 Å². The largest absolute Gasteiger partial charge is 0.384 e. The molecule has 0 atom stereocenters. The summed E-state index contributed by atoms with van der Waals surface area (Å²) >= 11 is 0. The molecule has 0 heterocycles. The van der Waals surface area contributed by atoms with E-state index in [1.54, 1.807) is 24.3 Å². The predicted octanol–water partition coefficient (Wildman–Crippen LogP) is 4.58. The van der Waals surface area contributed by atoms with Gasteiger partial charge in [-0.15, -0.1) is 0 Å². The molecule has 0 aromatic heterocycles. The Bertz CT molecular complexity index is 1520. The molecule has 0 spiro atoms. The first-order valence-corrected chi connectivity index (χ1v) is 12.8. The monoisotopic (exact) mass is 494 g/mol. The fourth-order valence-electron chi connectivity index (χ4n) is 3.62. The minimum atomic E-state index is -3.81. The van der Waals surface area contributed by atoms with Gasteiger partial charge in [-0.05, 0) is 35.4 Å². The van der Waals surface area contributed by atoms with E-state index < -0.39 is 10.0 Å². The van der Waals surface area contributed by atoms with Crippen LogP contribution < -0.4 is 15.8 Å². The molecule has 0 unspecified atom stereocenters. The van der Waals surface area contributed by atoms with Crippen molar-refractivity contribution in [2.24, 2.45) is 5.73 Å². The number of anilines is 1. The molecule has 0 saturated carbocycles. The molecule has 0 radical (unpaired) electrons. The second-order valence-corrected chi connectivity index (χ2v) is 9.77. The molecule has 5 N–H and O–H groups in total. The Labute approximate surface area is 211 Å². The van der Waals surface area contributed by atoms with E-state index in [-0.39, 0.29) is 17.3 Å². The Hall–Kier alpha value is -4.38. The summed E-state index contributed by atoms with van der Waals surface area (Å²) in [4.78, 5) is 0.179. The lowest BCUT2D eigenvalue weighted by Crippen LogP contribution is -2.24. The minimum absolute atomic E-state index is 0.00199. The van der Waals surface area contributed by atoms with Gasteiger partial charge in [0.1, 0.15) is 5.84 Å². The molecule has 6 nitrogen and oxygen atoms in total. The van der Waals surface area contributed by atoms with Crippen LogP contribution in [0.5, 0.6) is 0 Å². The number of nitrogen functional groups attached to an aromatic ring is 1. The number of sulfonamides is 1. The van der Waals surface area contributed by atoms with Crippen LogP contribution in [0, 0.1) is 17.3 Å². The van der Waals surface area contributed by atoms with Gasteiger partial charge in [-0.2, -0.15) is 0 Å². The summed E-state index contributed by atoms with van der Waals surface area (Å²) in [6.07, 6.45) is 0. The van der Waals surface area contributed by atoms with Gasteiger partial charge in [0.05, 0.1) is 11.4 Å². The Morgan fingerprint density at radius 3 is 2.31 bits per heavy atom. The van der Waals surface area contributed by atoms with E-state index in [4.69, 9.17) is 11.1 Å². The molecule has 4 aromatic rings. The predicted molar refractivity (Wildman–Crippen MR) is 145 cm³/mol. The maximum absolute atomic E-state index is 13.4. The number of nitrogens with one attached hydrogen (secondary N) is 3. The van der Waals surface area contributed by atoms with Crippen molar-refractivity contribution < 1.29 is 8.42 Å². The second kappa shape index (κ2) is 11.4. The Morgan fingerprint density at radius 1 is 0.861 bits per heavy atom. The van der Waals surface area contributed by atoms with E-state index >= 15 is 0 Å². The van der Waals surface area contributed by atoms with Gasteiger partial charge in [-0.1, -0.05) is 90.7 Å². The quantitative estimate of drug-likeness (QED) is 0.163. The fourth-order valence-corrected chi connectivity index (χ4v) is 4.89. The molecule has 0 amide bonds. The molecule has 36 heavy (non-hydrogen) atoms. The molecule has 4 aromatic carbocycles. The van der Waals surface area contributed by atoms with Gasteiger partial charge in [0, 0.05) is 28.9 Å². The van der Waals surface area contributed by atoms with Gasteiger partial charge in [0.2, 0.25) is 10.0 Å². The van der Waals surface area contributed by atoms with Crippen LogP contribution in [0.15, 0.2) is 108 Å². The third kappa shape index (κ3) is 6.39. The van der Waals surface area contributed by atoms with Crippen LogP contribution in [0.25, 0.3) is 11.1 Å². The topological polar surface area (TPSA) is 108 Å². The molecule has 0 bridgehead atoms. The summed E-state index contributed by atoms with van der Waals surface area (Å²) in [6.45, 7) is 0.534. The summed E-state index contributed by atoms with van der Waals surface area (Å²) in [5.41, 5.74) is 9.85. The lowest BCUT2D eigenvalue weighted by atomic mass is 10.0. The lowest BCUT2D eigenvalue weighted by molar-refractivity contribution is 0.581. The molecule has 0 aliphatic rings. The third-order valence-electron chi connectivity index (χ3n) is 5.45. The van der Waals surface area contributed by atoms with Gasteiger partial charge in [0.15, 0.2) is 0 Å². The maximum Gasteiger partial charge on any atom is 0.241 e. The van der Waals surface area contributed by atoms with E-state index in [9.17, 15) is 8.42 Å². The van der Waals surface area contributed by atoms with Crippen molar-refractivity contribution in [3.8, 4) is 23.0 Å². The van der Waals surface area contributed by atoms with Crippen molar-refractivity contribution >= 4 is 21.5 Å². The van der Waals surface area contributed by atoms with Gasteiger partial charge >= 0.3 is 0 Å². The number of benzene rings is 4. The highest BCUT2D eigenvalue weighted by atomic mass is 32.2. The molecule has 0 fully saturated rings. The zero-order valence-corrected chi connectivity index (χ0v) is 20.3. The summed E-state index contributed by atoms with van der Waals surface area (Å²) in [5, 5.41) is 10.7. The standard InChI is InChI=1S/C29H26N4O2S/c30-29(31)25-14-7-15-26(20-25)32-18-8-11-22-16-17-27(24-12-5-2-6-13-24)28(19-22)36(34,35)33-21-23-9-3-1-4-10-23/h1-7,9-10,12-17,19-20,32-33H,18,21H2,(H3,30,31). The maximum atomic E-state index is 13.4. The Kier molecular flexibility index (Phi) is 7.81. The molecular weight excluding hydrogens is 468 g/mol. The highest BCUT2D eigenvalue weighted by Crippen LogP contribution is 2.28. The average molecular weight is 495 g/mol. The van der Waals surface area contributed by atoms with Crippen LogP contribution >= 0.6 is 0 Å². The van der Waals surface area contributed by atoms with E-state index in [1.807, 2.05) is 78.9 Å². The van der Waals surface area contributed by atoms with Crippen molar-refractivity contribution in [3.05, 3.63) is 120 Å². The zero-order valence-electron chi connectivity index (χ0n) is 19.5. The molecular formula is C29H26N4O2S. The van der Waals surface area contributed by atoms with Crippen LogP contribution in [0.2, 0.25) is 0 Å². The Balaban J connectivity index is 1.58. The number of nitrogens with two attached hydrogens (primary N) is 1. The van der Waals surface area contributed by atoms with Gasteiger partial charge < -0.3 is 11.1 Å². The SMILES string of the molecule is N=C(N)c1cccc(NCC#Cc2ccc(-c3ccccc3)c(S(=O)(=O)NCc3ccccc3)c2)c1. The molecule has 0 aliphatic heterocycles. The van der Waals surface area contributed by atoms with Gasteiger partial charge in [0.25, 0.3) is 0 Å². The number of amidine groups is 1. The second-order valence-electron chi connectivity index (χ2n) is 8.04. The molecule has 7 heteroatoms. The van der Waals surface area contributed by atoms with E-state index in [2.05, 4.69) is 21.9 Å². The first kappa shape index (κ1) is 24.7. The summed E-state index contributed by atoms with van der Waals surface area (Å²) < 4.78 is 29.4. The van der Waals surface area contributed by atoms with Crippen molar-refractivity contribution in [2.45, 2.75) is 11.4 Å². The highest BCUT2D eigenvalue weighted by molar-refractivity contribution is 7.89. The molecule has 180 valence electrons. The van der Waals surface area contributed by atoms with Crippen molar-refractivity contribution in [2.75, 3.05) is 11.9 Å². The van der Waals surface area contributed by atoms with Crippen molar-refractivity contribution in [1.82, 2.24) is 4.72 Å². The normalized spacial score (nSPS) is 10.8. The fraction of sp³-hybridized carbons (Fsp3) is 0.0690. The van der Waals surface area contributed by atoms with E-state index in [0.717, 1.165) is 16.8 Å². The molecule has 0 aliphatic carbocycles. The van der Waals surface area contributed by atoms with Crippen LogP contribution in [0.4, 0.5) is 5.69 Å². The summed E-state index contributed by atoms with van der Waals surface area (Å²) in [5.74, 6) is 6.08. The molecule has 4 rings (SSSR count). The van der Waals surface area contributed by atoms with Crippen molar-refractivity contribution in [1.29, 1.82) is 5.41 Å². The lowest BCUT2D eigenvalue weighted by Gasteiger charge is -2.13. The average Bonchev–Trinajstić information content (AvgIpc) is 2.91. The highest BCUT2D eigenvalue weighted by Gasteiger charge is 2.20. The smallest absolute Gasteiger partial charge is 0.241 e. The molecule has 0 saturated heterocycles. The summed E-state index contributed by atoms with van der Waals surface area (Å²) in [7, 11) is -3.81.